The second-order valence-corrected chi connectivity index (χ2v) is 5.03. The number of carbonyl (C=O) groups is 2. The number of hydrogen-bond donors (Lipinski definition) is 1. The quantitative estimate of drug-likeness (QED) is 0.623. The van der Waals surface area contributed by atoms with E-state index < -0.39 is 5.97 Å². The number of rotatable bonds is 6. The van der Waals surface area contributed by atoms with Crippen LogP contribution in [0.15, 0.2) is 12.1 Å². The molecule has 0 saturated heterocycles. The maximum absolute atomic E-state index is 12.0. The molecule has 0 aliphatic rings. The molecule has 0 aromatic heterocycles. The van der Waals surface area contributed by atoms with Crippen LogP contribution < -0.4 is 4.74 Å². The van der Waals surface area contributed by atoms with Crippen molar-refractivity contribution in [2.75, 3.05) is 7.11 Å². The normalized spacial score (nSPS) is 10.2. The maximum atomic E-state index is 12.0. The Kier molecular flexibility index (Phi) is 5.58. The lowest BCUT2D eigenvalue weighted by molar-refractivity contribution is 0.0690. The second-order valence-electron chi connectivity index (χ2n) is 3.86. The molecule has 0 radical (unpaired) electrons. The SMILES string of the molecule is CCCCC(=O)c1cc(OC)cc(I)c1C(=O)O. The van der Waals surface area contributed by atoms with Crippen LogP contribution in [0.2, 0.25) is 0 Å². The van der Waals surface area contributed by atoms with Crippen LogP contribution in [0.4, 0.5) is 0 Å². The fraction of sp³-hybridized carbons (Fsp3) is 0.385. The smallest absolute Gasteiger partial charge is 0.337 e. The summed E-state index contributed by atoms with van der Waals surface area (Å²) in [6.45, 7) is 1.99. The van der Waals surface area contributed by atoms with Gasteiger partial charge in [0.15, 0.2) is 5.78 Å². The minimum absolute atomic E-state index is 0.0671. The zero-order valence-corrected chi connectivity index (χ0v) is 12.5. The lowest BCUT2D eigenvalue weighted by Crippen LogP contribution is -2.11. The molecule has 1 aromatic carbocycles. The molecule has 0 fully saturated rings. The van der Waals surface area contributed by atoms with Crippen molar-refractivity contribution in [3.63, 3.8) is 0 Å². The second kappa shape index (κ2) is 6.72. The van der Waals surface area contributed by atoms with Gasteiger partial charge in [-0.25, -0.2) is 4.79 Å². The molecule has 18 heavy (non-hydrogen) atoms. The Morgan fingerprint density at radius 3 is 2.56 bits per heavy atom. The number of Topliss-reactive ketones (excluding diaryl/α,β-unsaturated/α-hetero) is 1. The van der Waals surface area contributed by atoms with Gasteiger partial charge in [0.05, 0.1) is 12.7 Å². The Bertz CT molecular complexity index is 468. The number of hydrogen-bond acceptors (Lipinski definition) is 3. The predicted octanol–water partition coefficient (Wildman–Crippen LogP) is 3.37. The molecule has 5 heteroatoms. The standard InChI is InChI=1S/C13H15IO4/c1-3-4-5-11(15)9-6-8(18-2)7-10(14)12(9)13(16)17/h6-7H,3-5H2,1-2H3,(H,16,17). The molecular formula is C13H15IO4. The van der Waals surface area contributed by atoms with Gasteiger partial charge in [0, 0.05) is 15.6 Å². The molecule has 1 rings (SSSR count). The summed E-state index contributed by atoms with van der Waals surface area (Å²) in [6, 6.07) is 3.12. The van der Waals surface area contributed by atoms with Crippen molar-refractivity contribution in [2.24, 2.45) is 0 Å². The Morgan fingerprint density at radius 1 is 1.39 bits per heavy atom. The molecule has 0 bridgehead atoms. The predicted molar refractivity (Wildman–Crippen MR) is 76.5 cm³/mol. The number of benzene rings is 1. The Morgan fingerprint density at radius 2 is 2.06 bits per heavy atom. The summed E-state index contributed by atoms with van der Waals surface area (Å²) in [7, 11) is 1.49. The number of carbonyl (C=O) groups excluding carboxylic acids is 1. The van der Waals surface area contributed by atoms with Crippen molar-refractivity contribution in [3.8, 4) is 5.75 Å². The van der Waals surface area contributed by atoms with Gasteiger partial charge in [-0.05, 0) is 41.1 Å². The fourth-order valence-corrected chi connectivity index (χ4v) is 2.44. The van der Waals surface area contributed by atoms with Crippen LogP contribution >= 0.6 is 22.6 Å². The van der Waals surface area contributed by atoms with E-state index in [1.807, 2.05) is 29.5 Å². The molecule has 0 unspecified atom stereocenters. The molecule has 1 aromatic rings. The molecule has 0 aliphatic heterocycles. The molecule has 1 N–H and O–H groups in total. The van der Waals surface area contributed by atoms with E-state index in [2.05, 4.69) is 0 Å². The van der Waals surface area contributed by atoms with Gasteiger partial charge in [0.1, 0.15) is 5.75 Å². The van der Waals surface area contributed by atoms with E-state index in [0.717, 1.165) is 12.8 Å². The van der Waals surface area contributed by atoms with Crippen LogP contribution in [0, 0.1) is 3.57 Å². The van der Waals surface area contributed by atoms with E-state index in [1.54, 1.807) is 6.07 Å². The van der Waals surface area contributed by atoms with Crippen molar-refractivity contribution in [2.45, 2.75) is 26.2 Å². The first-order valence-corrected chi connectivity index (χ1v) is 6.73. The summed E-state index contributed by atoms with van der Waals surface area (Å²) in [6.07, 6.45) is 2.01. The molecule has 0 spiro atoms. The Hall–Kier alpha value is -1.11. The summed E-state index contributed by atoms with van der Waals surface area (Å²) in [5.74, 6) is -0.725. The first-order chi connectivity index (χ1) is 8.51. The lowest BCUT2D eigenvalue weighted by Gasteiger charge is -2.10. The maximum Gasteiger partial charge on any atom is 0.337 e. The van der Waals surface area contributed by atoms with Crippen LogP contribution in [-0.2, 0) is 0 Å². The summed E-state index contributed by atoms with van der Waals surface area (Å²) < 4.78 is 5.59. The van der Waals surface area contributed by atoms with Crippen molar-refractivity contribution in [1.82, 2.24) is 0 Å². The summed E-state index contributed by atoms with van der Waals surface area (Å²) >= 11 is 1.91. The molecule has 0 aliphatic carbocycles. The number of methoxy groups -OCH3 is 1. The highest BCUT2D eigenvalue weighted by atomic mass is 127. The van der Waals surface area contributed by atoms with Crippen LogP contribution in [-0.4, -0.2) is 24.0 Å². The Balaban J connectivity index is 3.25. The molecule has 4 nitrogen and oxygen atoms in total. The van der Waals surface area contributed by atoms with Gasteiger partial charge in [-0.1, -0.05) is 13.3 Å². The van der Waals surface area contributed by atoms with E-state index in [-0.39, 0.29) is 16.9 Å². The van der Waals surface area contributed by atoms with Crippen LogP contribution in [0.1, 0.15) is 46.9 Å². The first-order valence-electron chi connectivity index (χ1n) is 5.65. The number of aromatic carboxylic acids is 1. The van der Waals surface area contributed by atoms with Gasteiger partial charge < -0.3 is 9.84 Å². The van der Waals surface area contributed by atoms with Crippen molar-refractivity contribution in [3.05, 3.63) is 26.8 Å². The molecule has 0 atom stereocenters. The largest absolute Gasteiger partial charge is 0.497 e. The van der Waals surface area contributed by atoms with Crippen molar-refractivity contribution >= 4 is 34.3 Å². The molecule has 0 heterocycles. The molecular weight excluding hydrogens is 347 g/mol. The molecule has 98 valence electrons. The van der Waals surface area contributed by atoms with Crippen molar-refractivity contribution in [1.29, 1.82) is 0 Å². The molecule has 0 amide bonds. The Labute approximate surface area is 119 Å². The van der Waals surface area contributed by atoms with Gasteiger partial charge in [0.2, 0.25) is 0 Å². The van der Waals surface area contributed by atoms with E-state index >= 15 is 0 Å². The molecule has 0 saturated carbocycles. The van der Waals surface area contributed by atoms with E-state index in [9.17, 15) is 14.7 Å². The summed E-state index contributed by atoms with van der Waals surface area (Å²) in [5, 5.41) is 9.19. The van der Waals surface area contributed by atoms with Gasteiger partial charge in [-0.3, -0.25) is 4.79 Å². The lowest BCUT2D eigenvalue weighted by atomic mass is 9.99. The van der Waals surface area contributed by atoms with E-state index in [0.29, 0.717) is 15.7 Å². The van der Waals surface area contributed by atoms with Crippen LogP contribution in [0.25, 0.3) is 0 Å². The third-order valence-corrected chi connectivity index (χ3v) is 3.42. The van der Waals surface area contributed by atoms with Crippen LogP contribution in [0.5, 0.6) is 5.75 Å². The topological polar surface area (TPSA) is 63.6 Å². The summed E-state index contributed by atoms with van der Waals surface area (Å²) in [5.41, 5.74) is 0.303. The number of carboxylic acid groups (broad SMARTS) is 1. The summed E-state index contributed by atoms with van der Waals surface area (Å²) in [4.78, 5) is 23.2. The van der Waals surface area contributed by atoms with E-state index in [1.165, 1.54) is 13.2 Å². The zero-order valence-electron chi connectivity index (χ0n) is 10.3. The van der Waals surface area contributed by atoms with Gasteiger partial charge >= 0.3 is 5.97 Å². The van der Waals surface area contributed by atoms with Crippen LogP contribution in [0.3, 0.4) is 0 Å². The first kappa shape index (κ1) is 14.9. The van der Waals surface area contributed by atoms with Gasteiger partial charge in [-0.15, -0.1) is 0 Å². The van der Waals surface area contributed by atoms with Crippen molar-refractivity contribution < 1.29 is 19.4 Å². The monoisotopic (exact) mass is 362 g/mol. The van der Waals surface area contributed by atoms with Gasteiger partial charge in [0.25, 0.3) is 0 Å². The highest BCUT2D eigenvalue weighted by Crippen LogP contribution is 2.25. The fourth-order valence-electron chi connectivity index (χ4n) is 1.61. The number of ketones is 1. The highest BCUT2D eigenvalue weighted by Gasteiger charge is 2.20. The minimum atomic E-state index is -1.08. The third kappa shape index (κ3) is 3.44. The minimum Gasteiger partial charge on any atom is -0.497 e. The highest BCUT2D eigenvalue weighted by molar-refractivity contribution is 14.1. The average Bonchev–Trinajstić information content (AvgIpc) is 2.34. The van der Waals surface area contributed by atoms with E-state index in [4.69, 9.17) is 4.74 Å². The number of carboxylic acids is 1. The van der Waals surface area contributed by atoms with Gasteiger partial charge in [-0.2, -0.15) is 0 Å². The average molecular weight is 362 g/mol. The third-order valence-electron chi connectivity index (χ3n) is 2.57. The zero-order chi connectivity index (χ0) is 13.7. The number of unbranched alkanes of at least 4 members (excludes halogenated alkanes) is 1. The number of halogens is 1. The number of ether oxygens (including phenoxy) is 1.